The lowest BCUT2D eigenvalue weighted by atomic mass is 10.1. The van der Waals surface area contributed by atoms with Gasteiger partial charge in [0.25, 0.3) is 5.91 Å². The molecule has 0 bridgehead atoms. The fraction of sp³-hybridized carbons (Fsp3) is 0.526. The normalized spacial score (nSPS) is 15.8. The number of nitrogens with one attached hydrogen (secondary N) is 1. The van der Waals surface area contributed by atoms with E-state index in [4.69, 9.17) is 0 Å². The molecule has 130 valence electrons. The third-order valence-corrected chi connectivity index (χ3v) is 6.29. The average Bonchev–Trinajstić information content (AvgIpc) is 2.85. The highest BCUT2D eigenvalue weighted by Gasteiger charge is 2.15. The van der Waals surface area contributed by atoms with Gasteiger partial charge in [-0.15, -0.1) is 0 Å². The Morgan fingerprint density at radius 3 is 2.71 bits per heavy atom. The zero-order valence-corrected chi connectivity index (χ0v) is 16.7. The molecule has 3 rings (SSSR count). The van der Waals surface area contributed by atoms with E-state index in [9.17, 15) is 4.79 Å². The summed E-state index contributed by atoms with van der Waals surface area (Å²) < 4.78 is 2.18. The van der Waals surface area contributed by atoms with Crippen LogP contribution in [0.4, 0.5) is 0 Å². The average molecular weight is 439 g/mol. The molecule has 1 fully saturated rings. The van der Waals surface area contributed by atoms with Crippen molar-refractivity contribution in [3.05, 3.63) is 35.0 Å². The van der Waals surface area contributed by atoms with Crippen molar-refractivity contribution in [1.82, 2.24) is 13.0 Å². The molecular formula is C19H26IN3O. The second kappa shape index (κ2) is 7.87. The summed E-state index contributed by atoms with van der Waals surface area (Å²) in [5.74, 6) is 0.0369. The number of hydrogen-bond acceptors (Lipinski definition) is 2. The van der Waals surface area contributed by atoms with Crippen LogP contribution in [0.1, 0.15) is 47.8 Å². The second-order valence-electron chi connectivity index (χ2n) is 6.59. The molecule has 1 saturated heterocycles. The molecule has 1 aliphatic heterocycles. The van der Waals surface area contributed by atoms with E-state index < -0.39 is 0 Å². The first-order valence-corrected chi connectivity index (χ1v) is 9.89. The largest absolute Gasteiger partial charge is 0.351 e. The van der Waals surface area contributed by atoms with Crippen molar-refractivity contribution in [1.29, 1.82) is 0 Å². The highest BCUT2D eigenvalue weighted by molar-refractivity contribution is 14.1. The molecule has 1 N–H and O–H groups in total. The number of aromatic nitrogens is 1. The van der Waals surface area contributed by atoms with Crippen molar-refractivity contribution in [2.75, 3.05) is 26.2 Å². The van der Waals surface area contributed by atoms with Crippen LogP contribution < -0.4 is 5.32 Å². The van der Waals surface area contributed by atoms with E-state index in [1.165, 1.54) is 54.5 Å². The van der Waals surface area contributed by atoms with Gasteiger partial charge in [0.1, 0.15) is 0 Å². The lowest BCUT2D eigenvalue weighted by Gasteiger charge is -2.26. The van der Waals surface area contributed by atoms with E-state index in [1.54, 1.807) is 0 Å². The first-order valence-electron chi connectivity index (χ1n) is 8.92. The number of likely N-dealkylation sites (tertiary alicyclic amines) is 1. The van der Waals surface area contributed by atoms with Gasteiger partial charge in [-0.1, -0.05) is 13.3 Å². The first-order chi connectivity index (χ1) is 11.6. The SMILES string of the molecule is CCc1c(C)n(I)c2ccc(C(=O)NCCN3CCCCC3)cc12. The number of benzene rings is 1. The lowest BCUT2D eigenvalue weighted by molar-refractivity contribution is 0.0946. The molecule has 0 spiro atoms. The van der Waals surface area contributed by atoms with Crippen molar-refractivity contribution in [3.8, 4) is 0 Å². The number of nitrogens with zero attached hydrogens (tertiary/aromatic N) is 2. The van der Waals surface area contributed by atoms with Gasteiger partial charge in [-0.25, -0.2) is 0 Å². The smallest absolute Gasteiger partial charge is 0.251 e. The maximum Gasteiger partial charge on any atom is 0.251 e. The van der Waals surface area contributed by atoms with Crippen LogP contribution in [0.2, 0.25) is 0 Å². The Morgan fingerprint density at radius 2 is 2.00 bits per heavy atom. The summed E-state index contributed by atoms with van der Waals surface area (Å²) in [6, 6.07) is 6.05. The van der Waals surface area contributed by atoms with Crippen molar-refractivity contribution in [3.63, 3.8) is 0 Å². The van der Waals surface area contributed by atoms with E-state index in [1.807, 2.05) is 12.1 Å². The minimum absolute atomic E-state index is 0.0369. The zero-order chi connectivity index (χ0) is 17.1. The van der Waals surface area contributed by atoms with Gasteiger partial charge in [0.05, 0.1) is 28.4 Å². The molecule has 0 radical (unpaired) electrons. The maximum absolute atomic E-state index is 12.5. The molecule has 1 aromatic heterocycles. The molecule has 0 saturated carbocycles. The van der Waals surface area contributed by atoms with Crippen LogP contribution >= 0.6 is 22.9 Å². The van der Waals surface area contributed by atoms with E-state index in [0.29, 0.717) is 0 Å². The minimum Gasteiger partial charge on any atom is -0.351 e. The summed E-state index contributed by atoms with van der Waals surface area (Å²) in [5, 5.41) is 4.28. The van der Waals surface area contributed by atoms with E-state index in [-0.39, 0.29) is 5.91 Å². The summed E-state index contributed by atoms with van der Waals surface area (Å²) in [6.45, 7) is 8.34. The zero-order valence-electron chi connectivity index (χ0n) is 14.6. The van der Waals surface area contributed by atoms with Crippen molar-refractivity contribution in [2.24, 2.45) is 0 Å². The molecular weight excluding hydrogens is 413 g/mol. The molecule has 4 nitrogen and oxygen atoms in total. The summed E-state index contributed by atoms with van der Waals surface area (Å²) in [7, 11) is 0. The Morgan fingerprint density at radius 1 is 1.25 bits per heavy atom. The maximum atomic E-state index is 12.5. The predicted octanol–water partition coefficient (Wildman–Crippen LogP) is 3.93. The quantitative estimate of drug-likeness (QED) is 0.718. The van der Waals surface area contributed by atoms with Crippen LogP contribution in [0.25, 0.3) is 10.9 Å². The van der Waals surface area contributed by atoms with Crippen LogP contribution in [0.3, 0.4) is 0 Å². The highest BCUT2D eigenvalue weighted by Crippen LogP contribution is 2.29. The van der Waals surface area contributed by atoms with Crippen LogP contribution in [0.5, 0.6) is 0 Å². The number of amides is 1. The molecule has 1 aromatic carbocycles. The fourth-order valence-electron chi connectivity index (χ4n) is 3.64. The molecule has 24 heavy (non-hydrogen) atoms. The topological polar surface area (TPSA) is 37.3 Å². The third kappa shape index (κ3) is 3.61. The number of hydrogen-bond donors (Lipinski definition) is 1. The Kier molecular flexibility index (Phi) is 5.81. The number of halogens is 1. The predicted molar refractivity (Wildman–Crippen MR) is 108 cm³/mol. The highest BCUT2D eigenvalue weighted by atomic mass is 127. The fourth-order valence-corrected chi connectivity index (χ4v) is 4.36. The van der Waals surface area contributed by atoms with Crippen LogP contribution in [-0.4, -0.2) is 39.8 Å². The van der Waals surface area contributed by atoms with Crippen LogP contribution in [0.15, 0.2) is 18.2 Å². The van der Waals surface area contributed by atoms with E-state index in [2.05, 4.69) is 55.8 Å². The van der Waals surface area contributed by atoms with Crippen molar-refractivity contribution in [2.45, 2.75) is 39.5 Å². The van der Waals surface area contributed by atoms with E-state index >= 15 is 0 Å². The number of fused-ring (bicyclic) bond motifs is 1. The molecule has 1 aliphatic rings. The van der Waals surface area contributed by atoms with Crippen molar-refractivity contribution >= 4 is 39.7 Å². The Hall–Kier alpha value is -1.08. The standard InChI is InChI=1S/C19H26IN3O/c1-3-16-14(2)23(20)18-8-7-15(13-17(16)18)19(24)21-9-12-22-10-5-4-6-11-22/h7-8,13H,3-6,9-12H2,1-2H3,(H,21,24). The molecule has 2 heterocycles. The Balaban J connectivity index is 1.68. The number of aryl methyl sites for hydroxylation is 1. The van der Waals surface area contributed by atoms with Gasteiger partial charge in [-0.3, -0.25) is 7.58 Å². The second-order valence-corrected chi connectivity index (χ2v) is 7.55. The molecule has 0 aliphatic carbocycles. The first kappa shape index (κ1) is 17.7. The summed E-state index contributed by atoms with van der Waals surface area (Å²) in [6.07, 6.45) is 4.91. The number of carbonyl (C=O) groups excluding carboxylic acids is 1. The third-order valence-electron chi connectivity index (χ3n) is 5.04. The summed E-state index contributed by atoms with van der Waals surface area (Å²) in [5.41, 5.74) is 4.56. The van der Waals surface area contributed by atoms with Crippen LogP contribution in [0, 0.1) is 6.92 Å². The Bertz CT molecular complexity index is 732. The number of piperidine rings is 1. The van der Waals surface area contributed by atoms with Gasteiger partial charge >= 0.3 is 0 Å². The molecule has 1 amide bonds. The number of carbonyl (C=O) groups is 1. The Labute approximate surface area is 158 Å². The molecule has 2 aromatic rings. The van der Waals surface area contributed by atoms with Gasteiger partial charge in [-0.05, 0) is 63.0 Å². The van der Waals surface area contributed by atoms with Crippen LogP contribution in [-0.2, 0) is 6.42 Å². The summed E-state index contributed by atoms with van der Waals surface area (Å²) >= 11 is 2.33. The van der Waals surface area contributed by atoms with Gasteiger partial charge in [0.15, 0.2) is 0 Å². The molecule has 5 heteroatoms. The van der Waals surface area contributed by atoms with Gasteiger partial charge in [0.2, 0.25) is 0 Å². The monoisotopic (exact) mass is 439 g/mol. The lowest BCUT2D eigenvalue weighted by Crippen LogP contribution is -2.37. The van der Waals surface area contributed by atoms with Gasteiger partial charge in [0, 0.05) is 29.7 Å². The van der Waals surface area contributed by atoms with Crippen molar-refractivity contribution < 1.29 is 4.79 Å². The number of rotatable bonds is 5. The molecule has 0 unspecified atom stereocenters. The van der Waals surface area contributed by atoms with E-state index in [0.717, 1.165) is 25.1 Å². The minimum atomic E-state index is 0.0369. The van der Waals surface area contributed by atoms with Gasteiger partial charge in [-0.2, -0.15) is 0 Å². The summed E-state index contributed by atoms with van der Waals surface area (Å²) in [4.78, 5) is 14.9. The van der Waals surface area contributed by atoms with Gasteiger partial charge < -0.3 is 10.2 Å². The molecule has 0 atom stereocenters.